The first kappa shape index (κ1) is 19.4. The van der Waals surface area contributed by atoms with Gasteiger partial charge in [-0.05, 0) is 31.4 Å². The summed E-state index contributed by atoms with van der Waals surface area (Å²) in [5.74, 6) is -2.34. The minimum atomic E-state index is -3.74. The van der Waals surface area contributed by atoms with E-state index in [2.05, 4.69) is 11.5 Å². The summed E-state index contributed by atoms with van der Waals surface area (Å²) in [5, 5.41) is 11.5. The van der Waals surface area contributed by atoms with Crippen molar-refractivity contribution in [2.75, 3.05) is 31.2 Å². The highest BCUT2D eigenvalue weighted by molar-refractivity contribution is 7.90. The summed E-state index contributed by atoms with van der Waals surface area (Å²) in [6, 6.07) is 0.730. The Bertz CT molecular complexity index is 869. The number of carbonyl (C=O) groups excluding carboxylic acids is 1. The largest absolute Gasteiger partial charge is 0.369 e. The Hall–Kier alpha value is -2.41. The molecule has 2 aliphatic rings. The number of piperidine rings is 1. The molecule has 1 aromatic rings. The predicted octanol–water partition coefficient (Wildman–Crippen LogP) is 1.33. The number of sulfone groups is 1. The summed E-state index contributed by atoms with van der Waals surface area (Å²) in [4.78, 5) is 15.5. The molecule has 27 heavy (non-hydrogen) atoms. The maximum atomic E-state index is 14.2. The average molecular weight is 398 g/mol. The van der Waals surface area contributed by atoms with Crippen LogP contribution in [-0.4, -0.2) is 62.1 Å². The minimum absolute atomic E-state index is 0.0104. The van der Waals surface area contributed by atoms with Crippen molar-refractivity contribution in [2.45, 2.75) is 36.2 Å². The number of halogens is 2. The third-order valence-corrected chi connectivity index (χ3v) is 6.14. The Morgan fingerprint density at radius 1 is 1.15 bits per heavy atom. The molecule has 0 bridgehead atoms. The van der Waals surface area contributed by atoms with Crippen molar-refractivity contribution < 1.29 is 22.0 Å². The standard InChI is InChI=1S/C17H20F2N4O3S/c1-27(25,26)12-8-13(18)16(14(19)9-12)21-15-4-7-23(17(15)24)11-2-5-22(10-20)6-3-11/h8-9,11,15,21H,2-7H2,1H3. The fraction of sp³-hybridized carbons (Fsp3) is 0.529. The van der Waals surface area contributed by atoms with E-state index in [0.717, 1.165) is 18.4 Å². The molecule has 2 heterocycles. The Morgan fingerprint density at radius 3 is 2.26 bits per heavy atom. The van der Waals surface area contributed by atoms with Crippen molar-refractivity contribution in [2.24, 2.45) is 0 Å². The summed E-state index contributed by atoms with van der Waals surface area (Å²) in [6.07, 6.45) is 4.70. The number of nitrogens with zero attached hydrogens (tertiary/aromatic N) is 3. The van der Waals surface area contributed by atoms with Crippen LogP contribution in [0.25, 0.3) is 0 Å². The number of nitrogens with one attached hydrogen (secondary N) is 1. The third-order valence-electron chi connectivity index (χ3n) is 5.05. The zero-order valence-corrected chi connectivity index (χ0v) is 15.6. The first-order valence-corrected chi connectivity index (χ1v) is 10.5. The molecule has 2 fully saturated rings. The van der Waals surface area contributed by atoms with Crippen LogP contribution < -0.4 is 5.32 Å². The number of carbonyl (C=O) groups is 1. The molecule has 10 heteroatoms. The van der Waals surface area contributed by atoms with Gasteiger partial charge in [0.15, 0.2) is 27.7 Å². The van der Waals surface area contributed by atoms with Crippen LogP contribution >= 0.6 is 0 Å². The SMILES string of the molecule is CS(=O)(=O)c1cc(F)c(NC2CCN(C3CCN(C#N)CC3)C2=O)c(F)c1. The first-order chi connectivity index (χ1) is 12.7. The van der Waals surface area contributed by atoms with Gasteiger partial charge in [-0.15, -0.1) is 0 Å². The van der Waals surface area contributed by atoms with Crippen molar-refractivity contribution in [1.82, 2.24) is 9.80 Å². The summed E-state index contributed by atoms with van der Waals surface area (Å²) in [6.45, 7) is 1.64. The number of hydrogen-bond acceptors (Lipinski definition) is 6. The van der Waals surface area contributed by atoms with Crippen LogP contribution in [0.3, 0.4) is 0 Å². The number of likely N-dealkylation sites (tertiary alicyclic amines) is 2. The van der Waals surface area contributed by atoms with E-state index in [1.165, 1.54) is 0 Å². The molecule has 0 aromatic heterocycles. The molecule has 0 spiro atoms. The number of benzene rings is 1. The molecular formula is C17H20F2N4O3S. The number of rotatable bonds is 4. The van der Waals surface area contributed by atoms with Crippen LogP contribution in [0.4, 0.5) is 14.5 Å². The molecule has 0 radical (unpaired) electrons. The summed E-state index contributed by atoms with van der Waals surface area (Å²) < 4.78 is 51.4. The van der Waals surface area contributed by atoms with Gasteiger partial charge >= 0.3 is 0 Å². The van der Waals surface area contributed by atoms with Crippen molar-refractivity contribution in [1.29, 1.82) is 5.26 Å². The fourth-order valence-corrected chi connectivity index (χ4v) is 4.19. The lowest BCUT2D eigenvalue weighted by Gasteiger charge is -2.34. The van der Waals surface area contributed by atoms with Crippen LogP contribution in [0.1, 0.15) is 19.3 Å². The van der Waals surface area contributed by atoms with Gasteiger partial charge in [0.05, 0.1) is 4.90 Å². The quantitative estimate of drug-likeness (QED) is 0.769. The lowest BCUT2D eigenvalue weighted by atomic mass is 10.0. The molecular weight excluding hydrogens is 378 g/mol. The van der Waals surface area contributed by atoms with Gasteiger partial charge in [0.25, 0.3) is 0 Å². The number of anilines is 1. The Kier molecular flexibility index (Phi) is 5.24. The van der Waals surface area contributed by atoms with E-state index in [9.17, 15) is 22.0 Å². The molecule has 7 nitrogen and oxygen atoms in total. The molecule has 146 valence electrons. The zero-order chi connectivity index (χ0) is 19.8. The maximum absolute atomic E-state index is 14.2. The van der Waals surface area contributed by atoms with Gasteiger partial charge in [-0.2, -0.15) is 5.26 Å². The van der Waals surface area contributed by atoms with Crippen molar-refractivity contribution >= 4 is 21.4 Å². The second-order valence-electron chi connectivity index (χ2n) is 6.87. The molecule has 1 aromatic carbocycles. The van der Waals surface area contributed by atoms with E-state index in [1.54, 1.807) is 9.80 Å². The van der Waals surface area contributed by atoms with Gasteiger partial charge in [-0.3, -0.25) is 4.79 Å². The van der Waals surface area contributed by atoms with Crippen LogP contribution in [0.5, 0.6) is 0 Å². The summed E-state index contributed by atoms with van der Waals surface area (Å²) >= 11 is 0. The van der Waals surface area contributed by atoms with Crippen molar-refractivity contribution in [3.05, 3.63) is 23.8 Å². The van der Waals surface area contributed by atoms with E-state index in [4.69, 9.17) is 5.26 Å². The van der Waals surface area contributed by atoms with Crippen LogP contribution in [0.15, 0.2) is 17.0 Å². The van der Waals surface area contributed by atoms with E-state index in [0.29, 0.717) is 38.9 Å². The van der Waals surface area contributed by atoms with Gasteiger partial charge in [0.1, 0.15) is 11.7 Å². The van der Waals surface area contributed by atoms with Gasteiger partial charge in [0, 0.05) is 31.9 Å². The molecule has 2 aliphatic heterocycles. The molecule has 0 saturated carbocycles. The molecule has 1 N–H and O–H groups in total. The zero-order valence-electron chi connectivity index (χ0n) is 14.8. The van der Waals surface area contributed by atoms with Gasteiger partial charge in [-0.1, -0.05) is 0 Å². The highest BCUT2D eigenvalue weighted by Crippen LogP contribution is 2.28. The van der Waals surface area contributed by atoms with Gasteiger partial charge in [-0.25, -0.2) is 17.2 Å². The monoisotopic (exact) mass is 398 g/mol. The average Bonchev–Trinajstić information content (AvgIpc) is 2.97. The van der Waals surface area contributed by atoms with E-state index in [1.807, 2.05) is 0 Å². The summed E-state index contributed by atoms with van der Waals surface area (Å²) in [7, 11) is -3.74. The van der Waals surface area contributed by atoms with Gasteiger partial charge in [0.2, 0.25) is 5.91 Å². The molecule has 3 rings (SSSR count). The molecule has 0 aliphatic carbocycles. The fourth-order valence-electron chi connectivity index (χ4n) is 3.55. The lowest BCUT2D eigenvalue weighted by molar-refractivity contribution is -0.131. The van der Waals surface area contributed by atoms with Crippen LogP contribution in [0.2, 0.25) is 0 Å². The lowest BCUT2D eigenvalue weighted by Crippen LogP contribution is -2.46. The number of hydrogen-bond donors (Lipinski definition) is 1. The van der Waals surface area contributed by atoms with Gasteiger partial charge < -0.3 is 15.1 Å². The second-order valence-corrected chi connectivity index (χ2v) is 8.89. The molecule has 1 amide bonds. The Balaban J connectivity index is 1.71. The smallest absolute Gasteiger partial charge is 0.245 e. The third kappa shape index (κ3) is 3.98. The topological polar surface area (TPSA) is 93.5 Å². The minimum Gasteiger partial charge on any atom is -0.369 e. The van der Waals surface area contributed by atoms with E-state index < -0.39 is 38.1 Å². The van der Waals surface area contributed by atoms with E-state index >= 15 is 0 Å². The molecule has 2 saturated heterocycles. The Labute approximate surface area is 156 Å². The van der Waals surface area contributed by atoms with Crippen molar-refractivity contribution in [3.8, 4) is 6.19 Å². The van der Waals surface area contributed by atoms with Crippen molar-refractivity contribution in [3.63, 3.8) is 0 Å². The Morgan fingerprint density at radius 2 is 1.74 bits per heavy atom. The normalized spacial score (nSPS) is 21.4. The summed E-state index contributed by atoms with van der Waals surface area (Å²) in [5.41, 5.74) is -0.498. The van der Waals surface area contributed by atoms with Crippen LogP contribution in [0, 0.1) is 23.1 Å². The first-order valence-electron chi connectivity index (χ1n) is 8.61. The molecule has 1 atom stereocenters. The highest BCUT2D eigenvalue weighted by atomic mass is 32.2. The van der Waals surface area contributed by atoms with Crippen LogP contribution in [-0.2, 0) is 14.6 Å². The second kappa shape index (κ2) is 7.31. The predicted molar refractivity (Wildman–Crippen MR) is 93.4 cm³/mol. The maximum Gasteiger partial charge on any atom is 0.245 e. The van der Waals surface area contributed by atoms with E-state index in [-0.39, 0.29) is 11.9 Å². The number of nitriles is 1. The molecule has 1 unspecified atom stereocenters. The number of amides is 1. The highest BCUT2D eigenvalue weighted by Gasteiger charge is 2.37.